The van der Waals surface area contributed by atoms with Gasteiger partial charge in [-0.3, -0.25) is 14.4 Å². The third-order valence-electron chi connectivity index (χ3n) is 1.88. The van der Waals surface area contributed by atoms with Gasteiger partial charge in [0.15, 0.2) is 0 Å². The second-order valence-corrected chi connectivity index (χ2v) is 2.59. The summed E-state index contributed by atoms with van der Waals surface area (Å²) < 4.78 is 4.42. The molecule has 80 valence electrons. The number of hydrogen-bond acceptors (Lipinski definition) is 4. The fourth-order valence-corrected chi connectivity index (χ4v) is 0.967. The molecule has 6 heteroatoms. The van der Waals surface area contributed by atoms with Crippen LogP contribution in [0.5, 0.6) is 0 Å². The molecule has 0 spiro atoms. The predicted octanol–water partition coefficient (Wildman–Crippen LogP) is 0.115. The van der Waals surface area contributed by atoms with Gasteiger partial charge in [0.05, 0.1) is 6.61 Å². The average Bonchev–Trinajstić information content (AvgIpc) is 2.05. The maximum Gasteiger partial charge on any atom is 0.335 e. The second kappa shape index (κ2) is 4.59. The summed E-state index contributed by atoms with van der Waals surface area (Å²) in [5.74, 6) is -4.64. The van der Waals surface area contributed by atoms with E-state index in [0.29, 0.717) is 0 Å². The summed E-state index contributed by atoms with van der Waals surface area (Å²) in [6.07, 6.45) is -0.351. The highest BCUT2D eigenvalue weighted by atomic mass is 16.5. The summed E-state index contributed by atoms with van der Waals surface area (Å²) >= 11 is 0. The van der Waals surface area contributed by atoms with Crippen molar-refractivity contribution in [1.82, 2.24) is 0 Å². The van der Waals surface area contributed by atoms with Gasteiger partial charge in [0.1, 0.15) is 0 Å². The lowest BCUT2D eigenvalue weighted by Crippen LogP contribution is -2.47. The van der Waals surface area contributed by atoms with Gasteiger partial charge in [0, 0.05) is 0 Å². The molecule has 0 radical (unpaired) electrons. The molecule has 0 aromatic rings. The van der Waals surface area contributed by atoms with Crippen LogP contribution in [-0.2, 0) is 19.1 Å². The number of esters is 1. The highest BCUT2D eigenvalue weighted by Crippen LogP contribution is 2.24. The van der Waals surface area contributed by atoms with Crippen LogP contribution in [0.2, 0.25) is 0 Å². The molecule has 0 unspecified atom stereocenters. The molecule has 0 aliphatic rings. The van der Waals surface area contributed by atoms with Crippen molar-refractivity contribution in [3.05, 3.63) is 0 Å². The van der Waals surface area contributed by atoms with Crippen LogP contribution in [0.1, 0.15) is 20.3 Å². The molecular formula is C8H12O6. The zero-order chi connectivity index (χ0) is 11.4. The Labute approximate surface area is 80.5 Å². The zero-order valence-corrected chi connectivity index (χ0v) is 7.94. The van der Waals surface area contributed by atoms with Gasteiger partial charge in [-0.05, 0) is 13.3 Å². The third kappa shape index (κ3) is 1.84. The molecule has 2 N–H and O–H groups in total. The molecule has 6 nitrogen and oxygen atoms in total. The van der Waals surface area contributed by atoms with Gasteiger partial charge in [0.2, 0.25) is 0 Å². The molecule has 0 saturated carbocycles. The summed E-state index contributed by atoms with van der Waals surface area (Å²) in [7, 11) is 0. The first-order valence-corrected chi connectivity index (χ1v) is 4.07. The van der Waals surface area contributed by atoms with E-state index in [-0.39, 0.29) is 13.0 Å². The van der Waals surface area contributed by atoms with E-state index in [1.165, 1.54) is 13.8 Å². The van der Waals surface area contributed by atoms with Gasteiger partial charge >= 0.3 is 17.9 Å². The van der Waals surface area contributed by atoms with Crippen LogP contribution in [0.25, 0.3) is 0 Å². The van der Waals surface area contributed by atoms with Crippen molar-refractivity contribution < 1.29 is 29.3 Å². The Hall–Kier alpha value is -1.59. The van der Waals surface area contributed by atoms with Crippen LogP contribution < -0.4 is 0 Å². The van der Waals surface area contributed by atoms with E-state index >= 15 is 0 Å². The largest absolute Gasteiger partial charge is 0.480 e. The van der Waals surface area contributed by atoms with Gasteiger partial charge in [-0.2, -0.15) is 0 Å². The highest BCUT2D eigenvalue weighted by Gasteiger charge is 2.53. The molecule has 0 aromatic heterocycles. The fraction of sp³-hybridized carbons (Fsp3) is 0.625. The molecule has 0 saturated heterocycles. The summed E-state index contributed by atoms with van der Waals surface area (Å²) in [5.41, 5.74) is -2.48. The van der Waals surface area contributed by atoms with E-state index in [4.69, 9.17) is 10.2 Å². The lowest BCUT2D eigenvalue weighted by molar-refractivity contribution is -0.178. The van der Waals surface area contributed by atoms with Crippen LogP contribution in [0.4, 0.5) is 0 Å². The van der Waals surface area contributed by atoms with Crippen LogP contribution in [0.15, 0.2) is 0 Å². The minimum Gasteiger partial charge on any atom is -0.480 e. The standard InChI is InChI=1S/C8H12O6/c1-3-8(5(9)10,6(11)12)7(13)14-4-2/h3-4H2,1-2H3,(H,9,10)(H,11,12). The van der Waals surface area contributed by atoms with Crippen molar-refractivity contribution in [1.29, 1.82) is 0 Å². The molecule has 0 aliphatic carbocycles. The van der Waals surface area contributed by atoms with E-state index in [1.807, 2.05) is 0 Å². The number of ether oxygens (including phenoxy) is 1. The highest BCUT2D eigenvalue weighted by molar-refractivity contribution is 6.16. The summed E-state index contributed by atoms with van der Waals surface area (Å²) in [4.78, 5) is 32.7. The summed E-state index contributed by atoms with van der Waals surface area (Å²) in [5, 5.41) is 17.4. The normalized spacial score (nSPS) is 10.7. The van der Waals surface area contributed by atoms with Gasteiger partial charge in [-0.1, -0.05) is 6.92 Å². The van der Waals surface area contributed by atoms with Crippen molar-refractivity contribution in [2.45, 2.75) is 20.3 Å². The molecule has 0 rings (SSSR count). The minimum atomic E-state index is -2.48. The maximum atomic E-state index is 11.2. The number of carboxylic acid groups (broad SMARTS) is 2. The Morgan fingerprint density at radius 3 is 1.79 bits per heavy atom. The number of aliphatic carboxylic acids is 2. The monoisotopic (exact) mass is 204 g/mol. The van der Waals surface area contributed by atoms with Crippen molar-refractivity contribution in [3.8, 4) is 0 Å². The Morgan fingerprint density at radius 1 is 1.14 bits per heavy atom. The molecule has 14 heavy (non-hydrogen) atoms. The Bertz CT molecular complexity index is 243. The molecule has 0 amide bonds. The first-order chi connectivity index (χ1) is 6.43. The smallest absolute Gasteiger partial charge is 0.335 e. The van der Waals surface area contributed by atoms with Crippen LogP contribution >= 0.6 is 0 Å². The third-order valence-corrected chi connectivity index (χ3v) is 1.88. The van der Waals surface area contributed by atoms with E-state index in [2.05, 4.69) is 4.74 Å². The summed E-state index contributed by atoms with van der Waals surface area (Å²) in [6, 6.07) is 0. The molecular weight excluding hydrogens is 192 g/mol. The van der Waals surface area contributed by atoms with Gasteiger partial charge in [0.25, 0.3) is 5.41 Å². The molecule has 0 aromatic carbocycles. The van der Waals surface area contributed by atoms with E-state index in [0.717, 1.165) is 0 Å². The number of hydrogen-bond donors (Lipinski definition) is 2. The minimum absolute atomic E-state index is 0.0544. The molecule has 0 aliphatic heterocycles. The maximum absolute atomic E-state index is 11.2. The lowest BCUT2D eigenvalue weighted by atomic mass is 9.85. The average molecular weight is 204 g/mol. The Balaban J connectivity index is 5.14. The quantitative estimate of drug-likeness (QED) is 0.487. The molecule has 0 fully saturated rings. The number of carbonyl (C=O) groups is 3. The summed E-state index contributed by atoms with van der Waals surface area (Å²) in [6.45, 7) is 2.72. The van der Waals surface area contributed by atoms with Crippen LogP contribution in [-0.4, -0.2) is 34.7 Å². The number of carbonyl (C=O) groups excluding carboxylic acids is 1. The molecule has 0 heterocycles. The first kappa shape index (κ1) is 12.4. The van der Waals surface area contributed by atoms with Gasteiger partial charge < -0.3 is 14.9 Å². The lowest BCUT2D eigenvalue weighted by Gasteiger charge is -2.20. The Kier molecular flexibility index (Phi) is 4.07. The van der Waals surface area contributed by atoms with Crippen LogP contribution in [0, 0.1) is 5.41 Å². The Morgan fingerprint density at radius 2 is 1.57 bits per heavy atom. The SMILES string of the molecule is CCOC(=O)C(CC)(C(=O)O)C(=O)O. The van der Waals surface area contributed by atoms with Crippen LogP contribution in [0.3, 0.4) is 0 Å². The predicted molar refractivity (Wildman–Crippen MR) is 44.6 cm³/mol. The van der Waals surface area contributed by atoms with E-state index in [1.54, 1.807) is 0 Å². The van der Waals surface area contributed by atoms with Gasteiger partial charge in [-0.15, -0.1) is 0 Å². The fourth-order valence-electron chi connectivity index (χ4n) is 0.967. The van der Waals surface area contributed by atoms with Gasteiger partial charge in [-0.25, -0.2) is 0 Å². The topological polar surface area (TPSA) is 101 Å². The second-order valence-electron chi connectivity index (χ2n) is 2.59. The first-order valence-electron chi connectivity index (χ1n) is 4.07. The van der Waals surface area contributed by atoms with Crippen molar-refractivity contribution in [2.75, 3.05) is 6.61 Å². The van der Waals surface area contributed by atoms with E-state index < -0.39 is 23.3 Å². The number of carboxylic acids is 2. The number of rotatable bonds is 5. The van der Waals surface area contributed by atoms with Crippen molar-refractivity contribution in [3.63, 3.8) is 0 Å². The molecule has 0 bridgehead atoms. The van der Waals surface area contributed by atoms with E-state index in [9.17, 15) is 14.4 Å². The van der Waals surface area contributed by atoms with Crippen molar-refractivity contribution in [2.24, 2.45) is 5.41 Å². The van der Waals surface area contributed by atoms with Crippen molar-refractivity contribution >= 4 is 17.9 Å². The zero-order valence-electron chi connectivity index (χ0n) is 7.94. The molecule has 0 atom stereocenters.